The molecule has 0 aliphatic heterocycles. The van der Waals surface area contributed by atoms with Crippen molar-refractivity contribution >= 4 is 51.6 Å². The maximum Gasteiger partial charge on any atom is 0.328 e. The molecule has 3 aromatic rings. The van der Waals surface area contributed by atoms with Crippen LogP contribution in [0.15, 0.2) is 36.4 Å². The summed E-state index contributed by atoms with van der Waals surface area (Å²) in [5, 5.41) is 22.8. The summed E-state index contributed by atoms with van der Waals surface area (Å²) in [6.45, 7) is 6.65. The molecule has 162 valence electrons. The number of nitrogens with zero attached hydrogens (tertiary/aromatic N) is 1. The van der Waals surface area contributed by atoms with Crippen molar-refractivity contribution in [2.45, 2.75) is 39.7 Å². The van der Waals surface area contributed by atoms with Crippen LogP contribution >= 0.6 is 23.8 Å². The molecule has 0 aliphatic rings. The number of nitrogens with one attached hydrogen (secondary N) is 1. The zero-order valence-corrected chi connectivity index (χ0v) is 19.2. The van der Waals surface area contributed by atoms with Crippen molar-refractivity contribution < 1.29 is 19.8 Å². The number of halogens is 1. The number of aliphatic carboxylic acids is 1. The lowest BCUT2D eigenvalue weighted by molar-refractivity contribution is -0.145. The summed E-state index contributed by atoms with van der Waals surface area (Å²) >= 11 is 11.9. The number of carbonyl (C=O) groups is 2. The van der Waals surface area contributed by atoms with E-state index in [1.54, 1.807) is 6.07 Å². The third-order valence-electron chi connectivity index (χ3n) is 5.23. The molecule has 0 aliphatic carbocycles. The van der Waals surface area contributed by atoms with Crippen LogP contribution in [0.5, 0.6) is 5.75 Å². The van der Waals surface area contributed by atoms with Gasteiger partial charge in [-0.1, -0.05) is 53.6 Å². The lowest BCUT2D eigenvalue weighted by Gasteiger charge is -2.21. The van der Waals surface area contributed by atoms with Crippen molar-refractivity contribution in [2.24, 2.45) is 0 Å². The molecule has 0 fully saturated rings. The van der Waals surface area contributed by atoms with Gasteiger partial charge in [0.2, 0.25) is 5.91 Å². The molecule has 31 heavy (non-hydrogen) atoms. The van der Waals surface area contributed by atoms with Crippen molar-refractivity contribution in [3.63, 3.8) is 0 Å². The highest BCUT2D eigenvalue weighted by Crippen LogP contribution is 2.35. The van der Waals surface area contributed by atoms with Crippen LogP contribution in [0.4, 0.5) is 0 Å². The van der Waals surface area contributed by atoms with E-state index >= 15 is 0 Å². The molecule has 0 atom stereocenters. The van der Waals surface area contributed by atoms with Gasteiger partial charge in [0.15, 0.2) is 0 Å². The molecule has 3 N–H and O–H groups in total. The number of phenolic OH excluding ortho intramolecular Hbond substituents is 1. The molecule has 1 heterocycles. The van der Waals surface area contributed by atoms with Gasteiger partial charge < -0.3 is 20.1 Å². The second-order valence-electron chi connectivity index (χ2n) is 8.05. The lowest BCUT2D eigenvalue weighted by Crippen LogP contribution is -2.50. The molecule has 0 radical (unpaired) electrons. The maximum atomic E-state index is 12.7. The molecule has 0 unspecified atom stereocenters. The summed E-state index contributed by atoms with van der Waals surface area (Å²) in [6.07, 6.45) is -0.0797. The number of aryl methyl sites for hydroxylation is 1. The summed E-state index contributed by atoms with van der Waals surface area (Å²) in [4.78, 5) is 24.6. The normalized spacial score (nSPS) is 11.5. The van der Waals surface area contributed by atoms with Gasteiger partial charge in [0, 0.05) is 16.6 Å². The molecular weight excluding hydrogens is 436 g/mol. The Balaban J connectivity index is 2.12. The van der Waals surface area contributed by atoms with E-state index in [4.69, 9.17) is 23.8 Å². The quantitative estimate of drug-likeness (QED) is 0.494. The van der Waals surface area contributed by atoms with Crippen LogP contribution < -0.4 is 5.32 Å². The third kappa shape index (κ3) is 4.43. The molecule has 3 rings (SSSR count). The number of amides is 1. The first-order valence-corrected chi connectivity index (χ1v) is 10.4. The lowest BCUT2D eigenvalue weighted by atomic mass is 10.0. The van der Waals surface area contributed by atoms with Crippen molar-refractivity contribution in [3.05, 3.63) is 63.8 Å². The Morgan fingerprint density at radius 3 is 2.35 bits per heavy atom. The largest absolute Gasteiger partial charge is 0.506 e. The van der Waals surface area contributed by atoms with Gasteiger partial charge >= 0.3 is 5.97 Å². The number of phenols is 1. The summed E-state index contributed by atoms with van der Waals surface area (Å²) in [5.74, 6) is -1.70. The molecule has 6 nitrogen and oxygen atoms in total. The van der Waals surface area contributed by atoms with Crippen molar-refractivity contribution in [1.29, 1.82) is 0 Å². The maximum absolute atomic E-state index is 12.7. The van der Waals surface area contributed by atoms with Crippen LogP contribution in [-0.2, 0) is 16.0 Å². The number of carboxylic acids is 1. The number of carboxylic acid groups (broad SMARTS) is 1. The Morgan fingerprint density at radius 1 is 1.16 bits per heavy atom. The summed E-state index contributed by atoms with van der Waals surface area (Å²) in [6, 6.07) is 10.9. The van der Waals surface area contributed by atoms with Crippen molar-refractivity contribution in [2.75, 3.05) is 0 Å². The third-order valence-corrected chi connectivity index (χ3v) is 5.95. The minimum Gasteiger partial charge on any atom is -0.506 e. The molecule has 1 amide bonds. The predicted molar refractivity (Wildman–Crippen MR) is 125 cm³/mol. The van der Waals surface area contributed by atoms with Gasteiger partial charge in [0.25, 0.3) is 0 Å². The Hall–Kier alpha value is -2.90. The van der Waals surface area contributed by atoms with Gasteiger partial charge in [-0.2, -0.15) is 0 Å². The SMILES string of the molecule is Cc1ccc(C(=S)n2c(C)c(CC(=O)NC(C)(C)C(=O)O)c3cc(O)c(Cl)cc32)cc1. The topological polar surface area (TPSA) is 91.6 Å². The molecule has 0 saturated heterocycles. The van der Waals surface area contributed by atoms with E-state index < -0.39 is 17.4 Å². The van der Waals surface area contributed by atoms with Gasteiger partial charge in [-0.25, -0.2) is 4.79 Å². The van der Waals surface area contributed by atoms with E-state index in [0.717, 1.165) is 11.1 Å². The van der Waals surface area contributed by atoms with Crippen LogP contribution in [0.1, 0.15) is 36.2 Å². The molecule has 0 saturated carbocycles. The van der Waals surface area contributed by atoms with E-state index in [-0.39, 0.29) is 17.2 Å². The standard InChI is InChI=1S/C23H23ClN2O4S/c1-12-5-7-14(8-6-12)21(31)26-13(2)15(10-20(28)25-23(3,4)22(29)30)16-9-19(27)17(24)11-18(16)26/h5-9,11,27H,10H2,1-4H3,(H,25,28)(H,29,30). The van der Waals surface area contributed by atoms with Crippen LogP contribution in [0.25, 0.3) is 10.9 Å². The minimum atomic E-state index is -1.41. The number of thiocarbonyl (C=S) groups is 1. The van der Waals surface area contributed by atoms with Crippen molar-refractivity contribution in [3.8, 4) is 5.75 Å². The molecule has 0 bridgehead atoms. The van der Waals surface area contributed by atoms with Gasteiger partial charge in [-0.15, -0.1) is 0 Å². The van der Waals surface area contributed by atoms with E-state index in [0.29, 0.717) is 27.1 Å². The fourth-order valence-corrected chi connectivity index (χ4v) is 3.93. The van der Waals surface area contributed by atoms with Crippen LogP contribution in [-0.4, -0.2) is 37.2 Å². The van der Waals surface area contributed by atoms with E-state index in [1.807, 2.05) is 42.7 Å². The van der Waals surface area contributed by atoms with Crippen molar-refractivity contribution in [1.82, 2.24) is 9.88 Å². The number of hydrogen-bond acceptors (Lipinski definition) is 4. The Labute approximate surface area is 190 Å². The fraction of sp³-hybridized carbons (Fsp3) is 0.261. The van der Waals surface area contributed by atoms with Gasteiger partial charge in [0.05, 0.1) is 17.0 Å². The number of aromatic nitrogens is 1. The Morgan fingerprint density at radius 2 is 1.77 bits per heavy atom. The number of carbonyl (C=O) groups excluding carboxylic acids is 1. The first kappa shape index (κ1) is 22.8. The Bertz CT molecular complexity index is 1210. The summed E-state index contributed by atoms with van der Waals surface area (Å²) in [5.41, 5.74) is 2.53. The zero-order valence-electron chi connectivity index (χ0n) is 17.6. The summed E-state index contributed by atoms with van der Waals surface area (Å²) in [7, 11) is 0. The number of aromatic hydroxyl groups is 1. The molecular formula is C23H23ClN2O4S. The molecule has 0 spiro atoms. The van der Waals surface area contributed by atoms with E-state index in [2.05, 4.69) is 5.32 Å². The first-order valence-electron chi connectivity index (χ1n) is 9.60. The van der Waals surface area contributed by atoms with Crippen LogP contribution in [0, 0.1) is 13.8 Å². The molecule has 8 heteroatoms. The van der Waals surface area contributed by atoms with Crippen LogP contribution in [0.2, 0.25) is 5.02 Å². The van der Waals surface area contributed by atoms with E-state index in [1.165, 1.54) is 19.9 Å². The van der Waals surface area contributed by atoms with Gasteiger partial charge in [-0.3, -0.25) is 4.79 Å². The smallest absolute Gasteiger partial charge is 0.328 e. The number of benzene rings is 2. The highest BCUT2D eigenvalue weighted by molar-refractivity contribution is 7.80. The monoisotopic (exact) mass is 458 g/mol. The highest BCUT2D eigenvalue weighted by Gasteiger charge is 2.30. The molecule has 2 aromatic carbocycles. The zero-order chi connectivity index (χ0) is 23.1. The average Bonchev–Trinajstić information content (AvgIpc) is 2.92. The summed E-state index contributed by atoms with van der Waals surface area (Å²) < 4.78 is 1.83. The highest BCUT2D eigenvalue weighted by atomic mass is 35.5. The minimum absolute atomic E-state index is 0.0797. The van der Waals surface area contributed by atoms with Gasteiger partial charge in [0.1, 0.15) is 16.3 Å². The van der Waals surface area contributed by atoms with Crippen LogP contribution in [0.3, 0.4) is 0 Å². The molecule has 1 aromatic heterocycles. The van der Waals surface area contributed by atoms with E-state index in [9.17, 15) is 19.8 Å². The second-order valence-corrected chi connectivity index (χ2v) is 8.84. The fourth-order valence-electron chi connectivity index (χ4n) is 3.41. The predicted octanol–water partition coefficient (Wildman–Crippen LogP) is 4.36. The number of rotatable bonds is 5. The number of hydrogen-bond donors (Lipinski definition) is 3. The second kappa shape index (κ2) is 8.32. The first-order chi connectivity index (χ1) is 14.4. The number of fused-ring (bicyclic) bond motifs is 1. The Kier molecular flexibility index (Phi) is 6.11. The average molecular weight is 459 g/mol. The van der Waals surface area contributed by atoms with Gasteiger partial charge in [-0.05, 0) is 45.4 Å².